The highest BCUT2D eigenvalue weighted by Gasteiger charge is 2.37. The number of aromatic amines is 1. The summed E-state index contributed by atoms with van der Waals surface area (Å²) >= 11 is 6.03. The zero-order valence-electron chi connectivity index (χ0n) is 22.1. The van der Waals surface area contributed by atoms with Crippen LogP contribution in [0.25, 0.3) is 12.2 Å². The summed E-state index contributed by atoms with van der Waals surface area (Å²) < 4.78 is 120. The van der Waals surface area contributed by atoms with Crippen LogP contribution >= 0.6 is 11.6 Å². The average Bonchev–Trinajstić information content (AvgIpc) is 3.38. The molecule has 0 amide bonds. The number of aryl methyl sites for hydroxylation is 1. The van der Waals surface area contributed by atoms with Crippen molar-refractivity contribution in [3.05, 3.63) is 104 Å². The molecule has 1 N–H and O–H groups in total. The van der Waals surface area contributed by atoms with Gasteiger partial charge >= 0.3 is 18.1 Å². The molecule has 16 heteroatoms. The first kappa shape index (κ1) is 31.2. The minimum Gasteiger partial charge on any atom is -0.486 e. The Balaban J connectivity index is 1.54. The van der Waals surface area contributed by atoms with E-state index in [1.54, 1.807) is 0 Å². The Bertz CT molecular complexity index is 1890. The van der Waals surface area contributed by atoms with Crippen molar-refractivity contribution in [3.63, 3.8) is 0 Å². The number of nitrogens with zero attached hydrogens (tertiary/aromatic N) is 2. The molecular weight excluding hydrogens is 640 g/mol. The monoisotopic (exact) mass is 659 g/mol. The minimum absolute atomic E-state index is 0.0370. The number of nitrogens with one attached hydrogen (secondary N) is 1. The third-order valence-electron chi connectivity index (χ3n) is 6.63. The fourth-order valence-electron chi connectivity index (χ4n) is 4.56. The molecule has 1 aliphatic rings. The lowest BCUT2D eigenvalue weighted by molar-refractivity contribution is -0.138. The van der Waals surface area contributed by atoms with Crippen LogP contribution in [0.5, 0.6) is 5.75 Å². The lowest BCUT2D eigenvalue weighted by Crippen LogP contribution is -2.43. The summed E-state index contributed by atoms with van der Waals surface area (Å²) in [7, 11) is -4.62. The lowest BCUT2D eigenvalue weighted by Gasteiger charge is -2.35. The van der Waals surface area contributed by atoms with Gasteiger partial charge in [0, 0.05) is 17.0 Å². The maximum Gasteiger partial charge on any atom is 0.434 e. The number of fused-ring (bicyclic) bond motifs is 1. The predicted molar refractivity (Wildman–Crippen MR) is 148 cm³/mol. The molecule has 1 atom stereocenters. The molecule has 0 saturated carbocycles. The van der Waals surface area contributed by atoms with Gasteiger partial charge in [-0.25, -0.2) is 18.3 Å². The number of halogens is 7. The molecule has 0 saturated heterocycles. The molecule has 8 nitrogen and oxygen atoms in total. The van der Waals surface area contributed by atoms with Crippen LogP contribution in [0.1, 0.15) is 34.6 Å². The van der Waals surface area contributed by atoms with E-state index in [4.69, 9.17) is 20.8 Å². The van der Waals surface area contributed by atoms with Gasteiger partial charge in [0.1, 0.15) is 11.9 Å². The largest absolute Gasteiger partial charge is 0.486 e. The van der Waals surface area contributed by atoms with E-state index >= 15 is 0 Å². The summed E-state index contributed by atoms with van der Waals surface area (Å²) in [5.74, 6) is -0.704. The number of ether oxygens (including phenoxy) is 1. The lowest BCUT2D eigenvalue weighted by atomic mass is 10.0. The van der Waals surface area contributed by atoms with Crippen LogP contribution in [-0.4, -0.2) is 31.3 Å². The van der Waals surface area contributed by atoms with Gasteiger partial charge in [0.25, 0.3) is 10.0 Å². The van der Waals surface area contributed by atoms with Crippen LogP contribution in [0.3, 0.4) is 0 Å². The first-order chi connectivity index (χ1) is 20.6. The quantitative estimate of drug-likeness (QED) is 0.173. The van der Waals surface area contributed by atoms with Gasteiger partial charge in [-0.3, -0.25) is 4.31 Å². The third kappa shape index (κ3) is 6.63. The minimum atomic E-state index is -4.81. The van der Waals surface area contributed by atoms with Crippen LogP contribution in [0.4, 0.5) is 32.0 Å². The SMILES string of the molecule is O=c1[nH]nc(CC[C@H]2CN(S(=O)(=O)c3cccc(C(F)(F)F)c3)c3cc(/C=C/c4c(Cl)cccc4C(F)(F)F)ccc3O2)o1. The average molecular weight is 660 g/mol. The standard InChI is InChI=1S/C28H20ClF6N3O5S/c29-22-6-2-5-21(28(33,34)35)20(22)10-7-16-8-11-24-23(13-16)38(15-18(42-24)9-12-25-36-37-26(39)43-25)44(40,41)19-4-1-3-17(14-19)27(30,31)32/h1-8,10-11,13-14,18H,9,12,15H2,(H,37,39)/b10-7+/t18-/m0/s1. The van der Waals surface area contributed by atoms with Gasteiger partial charge in [0.05, 0.1) is 28.3 Å². The molecule has 0 unspecified atom stereocenters. The molecule has 3 aromatic carbocycles. The van der Waals surface area contributed by atoms with Crippen molar-refractivity contribution in [3.8, 4) is 5.75 Å². The topological polar surface area (TPSA) is 106 Å². The highest BCUT2D eigenvalue weighted by atomic mass is 35.5. The summed E-state index contributed by atoms with van der Waals surface area (Å²) in [5.41, 5.74) is -2.26. The van der Waals surface area contributed by atoms with Crippen LogP contribution in [0.15, 0.2) is 74.8 Å². The maximum absolute atomic E-state index is 13.8. The van der Waals surface area contributed by atoms with Gasteiger partial charge in [-0.05, 0) is 54.4 Å². The number of sulfonamides is 1. The Kier molecular flexibility index (Phi) is 8.29. The first-order valence-electron chi connectivity index (χ1n) is 12.7. The summed E-state index contributed by atoms with van der Waals surface area (Å²) in [6.45, 7) is -0.351. The molecule has 0 spiro atoms. The highest BCUT2D eigenvalue weighted by molar-refractivity contribution is 7.92. The van der Waals surface area contributed by atoms with Gasteiger partial charge in [-0.15, -0.1) is 5.10 Å². The van der Waals surface area contributed by atoms with E-state index in [9.17, 15) is 39.6 Å². The molecule has 44 heavy (non-hydrogen) atoms. The van der Waals surface area contributed by atoms with E-state index in [1.807, 2.05) is 0 Å². The molecule has 1 aliphatic heterocycles. The molecule has 0 fully saturated rings. The Hall–Kier alpha value is -4.24. The molecule has 2 heterocycles. The Morgan fingerprint density at radius 3 is 2.43 bits per heavy atom. The van der Waals surface area contributed by atoms with Crippen molar-refractivity contribution >= 4 is 39.5 Å². The van der Waals surface area contributed by atoms with Crippen LogP contribution in [-0.2, 0) is 28.8 Å². The number of hydrogen-bond acceptors (Lipinski definition) is 6. The third-order valence-corrected chi connectivity index (χ3v) is 8.73. The summed E-state index contributed by atoms with van der Waals surface area (Å²) in [6.07, 6.45) is -7.76. The summed E-state index contributed by atoms with van der Waals surface area (Å²) in [5, 5.41) is 5.63. The molecule has 0 aliphatic carbocycles. The second-order valence-corrected chi connectivity index (χ2v) is 11.9. The van der Waals surface area contributed by atoms with Crippen molar-refractivity contribution < 1.29 is 43.9 Å². The van der Waals surface area contributed by atoms with Gasteiger partial charge in [0.2, 0.25) is 5.89 Å². The van der Waals surface area contributed by atoms with Crippen molar-refractivity contribution in [2.45, 2.75) is 36.2 Å². The van der Waals surface area contributed by atoms with Crippen molar-refractivity contribution in [1.82, 2.24) is 10.2 Å². The number of alkyl halides is 6. The van der Waals surface area contributed by atoms with E-state index < -0.39 is 50.3 Å². The van der Waals surface area contributed by atoms with Gasteiger partial charge < -0.3 is 9.15 Å². The Labute approximate surface area is 250 Å². The fraction of sp³-hybridized carbons (Fsp3) is 0.214. The highest BCUT2D eigenvalue weighted by Crippen LogP contribution is 2.41. The smallest absolute Gasteiger partial charge is 0.434 e. The zero-order chi connectivity index (χ0) is 31.9. The maximum atomic E-state index is 13.8. The number of benzene rings is 3. The van der Waals surface area contributed by atoms with Crippen molar-refractivity contribution in [1.29, 1.82) is 0 Å². The van der Waals surface area contributed by atoms with Crippen LogP contribution in [0, 0.1) is 0 Å². The van der Waals surface area contributed by atoms with E-state index in [2.05, 4.69) is 10.2 Å². The second kappa shape index (κ2) is 11.7. The number of H-pyrrole nitrogens is 1. The fourth-order valence-corrected chi connectivity index (χ4v) is 6.34. The number of hydrogen-bond donors (Lipinski definition) is 1. The molecule has 4 aromatic rings. The molecule has 0 bridgehead atoms. The van der Waals surface area contributed by atoms with E-state index in [1.165, 1.54) is 30.3 Å². The molecule has 5 rings (SSSR count). The molecule has 1 aromatic heterocycles. The van der Waals surface area contributed by atoms with Gasteiger partial charge in [-0.1, -0.05) is 42.0 Å². The molecular formula is C28H20ClF6N3O5S. The Morgan fingerprint density at radius 2 is 1.75 bits per heavy atom. The van der Waals surface area contributed by atoms with Gasteiger partial charge in [-0.2, -0.15) is 26.3 Å². The molecule has 232 valence electrons. The summed E-state index contributed by atoms with van der Waals surface area (Å²) in [4.78, 5) is 10.6. The van der Waals surface area contributed by atoms with E-state index in [-0.39, 0.29) is 52.9 Å². The number of aromatic nitrogens is 2. The van der Waals surface area contributed by atoms with E-state index in [0.29, 0.717) is 6.07 Å². The van der Waals surface area contributed by atoms with E-state index in [0.717, 1.165) is 40.7 Å². The number of rotatable bonds is 7. The molecule has 0 radical (unpaired) electrons. The summed E-state index contributed by atoms with van der Waals surface area (Å²) in [6, 6.07) is 10.7. The van der Waals surface area contributed by atoms with Gasteiger partial charge in [0.15, 0.2) is 0 Å². The second-order valence-electron chi connectivity index (χ2n) is 9.61. The number of anilines is 1. The predicted octanol–water partition coefficient (Wildman–Crippen LogP) is 6.81. The zero-order valence-corrected chi connectivity index (χ0v) is 23.7. The first-order valence-corrected chi connectivity index (χ1v) is 14.5. The normalized spacial score (nSPS) is 15.8. The van der Waals surface area contributed by atoms with Crippen molar-refractivity contribution in [2.75, 3.05) is 10.8 Å². The van der Waals surface area contributed by atoms with Crippen LogP contribution in [0.2, 0.25) is 5.02 Å². The Morgan fingerprint density at radius 1 is 1.00 bits per heavy atom. The van der Waals surface area contributed by atoms with Crippen molar-refractivity contribution in [2.24, 2.45) is 0 Å². The van der Waals surface area contributed by atoms with Crippen LogP contribution < -0.4 is 14.8 Å².